The van der Waals surface area contributed by atoms with Crippen LogP contribution in [0.1, 0.15) is 31.5 Å². The van der Waals surface area contributed by atoms with E-state index in [9.17, 15) is 4.79 Å². The summed E-state index contributed by atoms with van der Waals surface area (Å²) in [4.78, 5) is 14.4. The Morgan fingerprint density at radius 3 is 2.94 bits per heavy atom. The number of aromatic amines is 1. The monoisotopic (exact) mass is 242 g/mol. The predicted octanol–water partition coefficient (Wildman–Crippen LogP) is 2.00. The molecule has 2 aliphatic rings. The molecule has 2 aliphatic carbocycles. The number of allylic oxidation sites excluding steroid dienone is 2. The lowest BCUT2D eigenvalue weighted by Gasteiger charge is -2.44. The SMILES string of the molecule is C/C=C1/[C@@H]2CC(C)=C[C@@]1(N)c1ccc(=O)[nH]c1C2. The Kier molecular flexibility index (Phi) is 2.35. The molecule has 3 N–H and O–H groups in total. The minimum Gasteiger partial charge on any atom is -0.326 e. The smallest absolute Gasteiger partial charge is 0.248 e. The average Bonchev–Trinajstić information content (AvgIpc) is 2.26. The lowest BCUT2D eigenvalue weighted by atomic mass is 9.64. The van der Waals surface area contributed by atoms with E-state index >= 15 is 0 Å². The number of nitrogens with one attached hydrogen (secondary N) is 1. The molecule has 3 heteroatoms. The molecule has 0 unspecified atom stereocenters. The zero-order valence-electron chi connectivity index (χ0n) is 10.8. The van der Waals surface area contributed by atoms with E-state index in [1.165, 1.54) is 11.1 Å². The summed E-state index contributed by atoms with van der Waals surface area (Å²) in [7, 11) is 0. The molecule has 0 aliphatic heterocycles. The minimum absolute atomic E-state index is 0.0416. The van der Waals surface area contributed by atoms with Crippen molar-refractivity contribution >= 4 is 0 Å². The van der Waals surface area contributed by atoms with Gasteiger partial charge in [-0.25, -0.2) is 0 Å². The second-order valence-corrected chi connectivity index (χ2v) is 5.42. The molecule has 1 aromatic rings. The maximum atomic E-state index is 11.5. The van der Waals surface area contributed by atoms with Gasteiger partial charge in [0.25, 0.3) is 0 Å². The first-order valence-electron chi connectivity index (χ1n) is 6.41. The molecular weight excluding hydrogens is 224 g/mol. The largest absolute Gasteiger partial charge is 0.326 e. The zero-order chi connectivity index (χ0) is 12.9. The molecule has 0 aromatic carbocycles. The lowest BCUT2D eigenvalue weighted by molar-refractivity contribution is 0.430. The summed E-state index contributed by atoms with van der Waals surface area (Å²) in [6.45, 7) is 4.19. The van der Waals surface area contributed by atoms with Gasteiger partial charge < -0.3 is 10.7 Å². The number of aromatic nitrogens is 1. The normalized spacial score (nSPS) is 32.1. The molecule has 2 bridgehead atoms. The van der Waals surface area contributed by atoms with Crippen molar-refractivity contribution in [2.45, 2.75) is 32.2 Å². The van der Waals surface area contributed by atoms with Crippen molar-refractivity contribution in [3.05, 3.63) is 57.0 Å². The molecule has 0 saturated heterocycles. The Labute approximate surface area is 106 Å². The second-order valence-electron chi connectivity index (χ2n) is 5.42. The standard InChI is InChI=1S/C15H18N2O/c1-3-11-10-6-9(2)8-15(11,16)12-4-5-14(18)17-13(12)7-10/h3-5,8,10H,6-7,16H2,1-2H3,(H,17,18)/b11-3-/t10-,15+/m1/s1. The summed E-state index contributed by atoms with van der Waals surface area (Å²) in [6.07, 6.45) is 6.21. The van der Waals surface area contributed by atoms with Gasteiger partial charge in [0.15, 0.2) is 0 Å². The first kappa shape index (κ1) is 11.5. The van der Waals surface area contributed by atoms with Gasteiger partial charge in [0.2, 0.25) is 5.56 Å². The van der Waals surface area contributed by atoms with Crippen LogP contribution in [0.15, 0.2) is 40.2 Å². The van der Waals surface area contributed by atoms with Crippen LogP contribution >= 0.6 is 0 Å². The molecule has 3 rings (SSSR count). The molecule has 94 valence electrons. The summed E-state index contributed by atoms with van der Waals surface area (Å²) in [5.41, 5.74) is 10.7. The third kappa shape index (κ3) is 1.44. The number of H-pyrrole nitrogens is 1. The fraction of sp³-hybridized carbons (Fsp3) is 0.400. The van der Waals surface area contributed by atoms with Gasteiger partial charge in [0, 0.05) is 11.8 Å². The summed E-state index contributed by atoms with van der Waals surface area (Å²) in [6, 6.07) is 3.45. The van der Waals surface area contributed by atoms with Crippen LogP contribution in [0.4, 0.5) is 0 Å². The summed E-state index contributed by atoms with van der Waals surface area (Å²) >= 11 is 0. The van der Waals surface area contributed by atoms with E-state index in [0.717, 1.165) is 24.1 Å². The Morgan fingerprint density at radius 2 is 2.22 bits per heavy atom. The highest BCUT2D eigenvalue weighted by Crippen LogP contribution is 2.46. The molecule has 0 amide bonds. The number of hydrogen-bond donors (Lipinski definition) is 2. The highest BCUT2D eigenvalue weighted by atomic mass is 16.1. The van der Waals surface area contributed by atoms with E-state index in [0.29, 0.717) is 5.92 Å². The van der Waals surface area contributed by atoms with Gasteiger partial charge in [-0.2, -0.15) is 0 Å². The molecule has 18 heavy (non-hydrogen) atoms. The highest BCUT2D eigenvalue weighted by molar-refractivity contribution is 5.50. The predicted molar refractivity (Wildman–Crippen MR) is 72.3 cm³/mol. The molecule has 0 saturated carbocycles. The van der Waals surface area contributed by atoms with Crippen molar-refractivity contribution in [1.82, 2.24) is 4.98 Å². The van der Waals surface area contributed by atoms with Gasteiger partial charge >= 0.3 is 0 Å². The lowest BCUT2D eigenvalue weighted by Crippen LogP contribution is -2.47. The third-order valence-electron chi connectivity index (χ3n) is 4.17. The average molecular weight is 242 g/mol. The van der Waals surface area contributed by atoms with Crippen LogP contribution in [0.3, 0.4) is 0 Å². The van der Waals surface area contributed by atoms with E-state index in [1.54, 1.807) is 6.07 Å². The van der Waals surface area contributed by atoms with Crippen molar-refractivity contribution in [1.29, 1.82) is 0 Å². The van der Waals surface area contributed by atoms with Crippen LogP contribution in [0, 0.1) is 5.92 Å². The highest BCUT2D eigenvalue weighted by Gasteiger charge is 2.42. The Hall–Kier alpha value is -1.61. The van der Waals surface area contributed by atoms with Crippen LogP contribution in [0.5, 0.6) is 0 Å². The first-order valence-corrected chi connectivity index (χ1v) is 6.41. The van der Waals surface area contributed by atoms with Crippen LogP contribution in [0.2, 0.25) is 0 Å². The van der Waals surface area contributed by atoms with Crippen molar-refractivity contribution in [2.24, 2.45) is 11.7 Å². The number of pyridine rings is 1. The van der Waals surface area contributed by atoms with Crippen molar-refractivity contribution in [2.75, 3.05) is 0 Å². The summed E-state index contributed by atoms with van der Waals surface area (Å²) < 4.78 is 0. The minimum atomic E-state index is -0.528. The quantitative estimate of drug-likeness (QED) is 0.684. The Balaban J connectivity index is 2.31. The molecule has 0 radical (unpaired) electrons. The molecule has 1 aromatic heterocycles. The van der Waals surface area contributed by atoms with Gasteiger partial charge in [-0.05, 0) is 49.8 Å². The fourth-order valence-electron chi connectivity index (χ4n) is 3.57. The van der Waals surface area contributed by atoms with Crippen LogP contribution in [-0.2, 0) is 12.0 Å². The van der Waals surface area contributed by atoms with Crippen LogP contribution < -0.4 is 11.3 Å². The van der Waals surface area contributed by atoms with Crippen LogP contribution in [-0.4, -0.2) is 4.98 Å². The molecule has 0 spiro atoms. The topological polar surface area (TPSA) is 58.9 Å². The number of hydrogen-bond acceptors (Lipinski definition) is 2. The Morgan fingerprint density at radius 1 is 1.44 bits per heavy atom. The van der Waals surface area contributed by atoms with Crippen LogP contribution in [0.25, 0.3) is 0 Å². The summed E-state index contributed by atoms with van der Waals surface area (Å²) in [5.74, 6) is 0.426. The van der Waals surface area contributed by atoms with Crippen molar-refractivity contribution in [3.63, 3.8) is 0 Å². The number of fused-ring (bicyclic) bond motifs is 4. The molecule has 2 atom stereocenters. The van der Waals surface area contributed by atoms with E-state index in [-0.39, 0.29) is 5.56 Å². The van der Waals surface area contributed by atoms with Gasteiger partial charge in [0.1, 0.15) is 0 Å². The maximum Gasteiger partial charge on any atom is 0.248 e. The first-order chi connectivity index (χ1) is 8.54. The van der Waals surface area contributed by atoms with E-state index < -0.39 is 5.54 Å². The maximum absolute atomic E-state index is 11.5. The summed E-state index contributed by atoms with van der Waals surface area (Å²) in [5, 5.41) is 0. The molecule has 3 nitrogen and oxygen atoms in total. The third-order valence-corrected chi connectivity index (χ3v) is 4.17. The van der Waals surface area contributed by atoms with Crippen molar-refractivity contribution in [3.8, 4) is 0 Å². The van der Waals surface area contributed by atoms with Crippen molar-refractivity contribution < 1.29 is 0 Å². The van der Waals surface area contributed by atoms with E-state index in [2.05, 4.69) is 31.0 Å². The van der Waals surface area contributed by atoms with Gasteiger partial charge in [-0.3, -0.25) is 4.79 Å². The fourth-order valence-corrected chi connectivity index (χ4v) is 3.57. The van der Waals surface area contributed by atoms with Gasteiger partial charge in [-0.1, -0.05) is 17.7 Å². The number of nitrogens with two attached hydrogens (primary N) is 1. The second kappa shape index (κ2) is 3.69. The molecule has 0 fully saturated rings. The molecule has 1 heterocycles. The van der Waals surface area contributed by atoms with Gasteiger partial charge in [-0.15, -0.1) is 0 Å². The van der Waals surface area contributed by atoms with E-state index in [1.807, 2.05) is 6.07 Å². The van der Waals surface area contributed by atoms with Gasteiger partial charge in [0.05, 0.1) is 5.54 Å². The number of rotatable bonds is 0. The Bertz CT molecular complexity index is 624. The zero-order valence-corrected chi connectivity index (χ0v) is 10.8. The molecular formula is C15H18N2O. The van der Waals surface area contributed by atoms with E-state index in [4.69, 9.17) is 5.73 Å².